The normalized spacial score (nSPS) is 9.75. The maximum Gasteiger partial charge on any atom is 0.276 e. The summed E-state index contributed by atoms with van der Waals surface area (Å²) < 4.78 is 0. The van der Waals surface area contributed by atoms with Gasteiger partial charge in [-0.15, -0.1) is 0 Å². The Balaban J connectivity index is 3.01. The molecule has 0 bridgehead atoms. The number of para-hydroxylation sites is 1. The minimum Gasteiger partial charge on any atom is -0.288 e. The smallest absolute Gasteiger partial charge is 0.276 e. The lowest BCUT2D eigenvalue weighted by Crippen LogP contribution is -1.91. The number of nitrogens with zero attached hydrogens (tertiary/aromatic N) is 4. The Hall–Kier alpha value is -2.66. The highest BCUT2D eigenvalue weighted by Crippen LogP contribution is 2.18. The van der Waals surface area contributed by atoms with Crippen LogP contribution >= 0.6 is 0 Å². The lowest BCUT2D eigenvalue weighted by Gasteiger charge is -1.95. The third-order valence-corrected chi connectivity index (χ3v) is 1.68. The van der Waals surface area contributed by atoms with E-state index in [2.05, 4.69) is 10.0 Å². The Morgan fingerprint density at radius 2 is 2.19 bits per heavy atom. The van der Waals surface area contributed by atoms with Crippen LogP contribution in [0.1, 0.15) is 5.56 Å². The van der Waals surface area contributed by atoms with Crippen LogP contribution in [0.2, 0.25) is 0 Å². The summed E-state index contributed by atoms with van der Waals surface area (Å²) in [5.74, 6) is -0.805. The third kappa shape index (κ3) is 2.93. The van der Waals surface area contributed by atoms with Gasteiger partial charge in [-0.3, -0.25) is 14.9 Å². The number of carbonyl (C=O) groups excluding carboxylic acids is 1. The Bertz CT molecular complexity index is 503. The van der Waals surface area contributed by atoms with Gasteiger partial charge in [0.2, 0.25) is 5.91 Å². The monoisotopic (exact) mass is 218 g/mol. The number of hydrogen-bond donors (Lipinski definition) is 0. The zero-order valence-corrected chi connectivity index (χ0v) is 7.98. The Labute approximate surface area is 89.8 Å². The molecule has 7 nitrogen and oxygen atoms in total. The van der Waals surface area contributed by atoms with Gasteiger partial charge in [0.15, 0.2) is 0 Å². The summed E-state index contributed by atoms with van der Waals surface area (Å²) >= 11 is 0. The predicted molar refractivity (Wildman–Crippen MR) is 56.3 cm³/mol. The van der Waals surface area contributed by atoms with Crippen molar-refractivity contribution in [2.75, 3.05) is 0 Å². The quantitative estimate of drug-likeness (QED) is 0.194. The summed E-state index contributed by atoms with van der Waals surface area (Å²) in [6.07, 6.45) is 2.21. The summed E-state index contributed by atoms with van der Waals surface area (Å²) in [7, 11) is 0. The zero-order valence-electron chi connectivity index (χ0n) is 7.98. The van der Waals surface area contributed by atoms with Crippen molar-refractivity contribution < 1.29 is 9.72 Å². The van der Waals surface area contributed by atoms with Gasteiger partial charge in [-0.25, -0.2) is 0 Å². The molecule has 0 N–H and O–H groups in total. The molecule has 0 radical (unpaired) electrons. The van der Waals surface area contributed by atoms with E-state index < -0.39 is 10.8 Å². The minimum absolute atomic E-state index is 0.118. The van der Waals surface area contributed by atoms with Crippen LogP contribution in [-0.2, 0) is 4.79 Å². The van der Waals surface area contributed by atoms with Crippen LogP contribution < -0.4 is 0 Å². The molecule has 0 saturated heterocycles. The van der Waals surface area contributed by atoms with Crippen molar-refractivity contribution >= 4 is 17.7 Å². The molecule has 0 spiro atoms. The molecule has 0 fully saturated rings. The largest absolute Gasteiger partial charge is 0.288 e. The molecule has 0 aliphatic heterocycles. The first-order chi connectivity index (χ1) is 7.65. The molecule has 0 aromatic heterocycles. The summed E-state index contributed by atoms with van der Waals surface area (Å²) in [6, 6.07) is 5.92. The number of amides is 1. The van der Waals surface area contributed by atoms with Gasteiger partial charge < -0.3 is 0 Å². The van der Waals surface area contributed by atoms with E-state index in [9.17, 15) is 14.9 Å². The van der Waals surface area contributed by atoms with Gasteiger partial charge in [0.1, 0.15) is 0 Å². The first kappa shape index (κ1) is 11.4. The lowest BCUT2D eigenvalue weighted by molar-refractivity contribution is -0.385. The van der Waals surface area contributed by atoms with Crippen LogP contribution in [0.15, 0.2) is 35.5 Å². The Kier molecular flexibility index (Phi) is 3.77. The van der Waals surface area contributed by atoms with Gasteiger partial charge >= 0.3 is 0 Å². The van der Waals surface area contributed by atoms with Crippen molar-refractivity contribution in [2.45, 2.75) is 0 Å². The average molecular weight is 218 g/mol. The second-order valence-corrected chi connectivity index (χ2v) is 2.68. The van der Waals surface area contributed by atoms with Crippen LogP contribution in [0.25, 0.3) is 16.5 Å². The molecule has 1 aromatic carbocycles. The van der Waals surface area contributed by atoms with Crippen molar-refractivity contribution in [3.05, 3.63) is 56.5 Å². The molecule has 0 aliphatic rings. The van der Waals surface area contributed by atoms with Gasteiger partial charge in [0.05, 0.1) is 10.5 Å². The van der Waals surface area contributed by atoms with Crippen LogP contribution in [0, 0.1) is 10.1 Å². The molecule has 0 saturated carbocycles. The fourth-order valence-electron chi connectivity index (χ4n) is 1.03. The van der Waals surface area contributed by atoms with Gasteiger partial charge in [0.25, 0.3) is 5.69 Å². The fourth-order valence-corrected chi connectivity index (χ4v) is 1.03. The Morgan fingerprint density at radius 1 is 1.50 bits per heavy atom. The maximum absolute atomic E-state index is 10.8. The predicted octanol–water partition coefficient (Wildman–Crippen LogP) is 2.44. The fraction of sp³-hybridized carbons (Fsp3) is 0. The number of benzene rings is 1. The van der Waals surface area contributed by atoms with Gasteiger partial charge in [-0.1, -0.05) is 12.1 Å². The summed E-state index contributed by atoms with van der Waals surface area (Å²) in [6.45, 7) is 0. The first-order valence-electron chi connectivity index (χ1n) is 4.15. The van der Waals surface area contributed by atoms with E-state index in [-0.39, 0.29) is 11.3 Å². The maximum atomic E-state index is 10.8. The molecule has 1 aromatic rings. The second kappa shape index (κ2) is 5.28. The van der Waals surface area contributed by atoms with Crippen LogP contribution in [0.5, 0.6) is 0 Å². The summed E-state index contributed by atoms with van der Waals surface area (Å²) in [4.78, 5) is 23.2. The van der Waals surface area contributed by atoms with Crippen LogP contribution in [0.4, 0.5) is 5.69 Å². The molecular weight excluding hydrogens is 212 g/mol. The molecule has 1 rings (SSSR count). The number of hydrogen-bond acceptors (Lipinski definition) is 3. The molecule has 16 heavy (non-hydrogen) atoms. The third-order valence-electron chi connectivity index (χ3n) is 1.68. The Morgan fingerprint density at radius 3 is 2.81 bits per heavy atom. The highest BCUT2D eigenvalue weighted by Gasteiger charge is 2.09. The van der Waals surface area contributed by atoms with Crippen LogP contribution in [-0.4, -0.2) is 10.8 Å². The van der Waals surface area contributed by atoms with Crippen LogP contribution in [0.3, 0.4) is 0 Å². The second-order valence-electron chi connectivity index (χ2n) is 2.68. The number of nitro groups is 1. The molecule has 0 aliphatic carbocycles. The van der Waals surface area contributed by atoms with Gasteiger partial charge in [-0.05, 0) is 28.9 Å². The van der Waals surface area contributed by atoms with E-state index in [1.165, 1.54) is 24.3 Å². The first-order valence-corrected chi connectivity index (χ1v) is 4.15. The van der Waals surface area contributed by atoms with E-state index in [1.54, 1.807) is 6.07 Å². The minimum atomic E-state index is -0.805. The molecule has 1 amide bonds. The van der Waals surface area contributed by atoms with E-state index in [1.807, 2.05) is 0 Å². The highest BCUT2D eigenvalue weighted by atomic mass is 16.6. The standard InChI is InChI=1S/C9H6N4O3/c10-12-11-9(14)6-5-7-3-1-2-4-8(7)13(15)16/h1-6H. The SMILES string of the molecule is [N-]=[N+]=NC(=O)C=Cc1ccccc1[N+](=O)[O-]. The molecular formula is C9H6N4O3. The van der Waals surface area contributed by atoms with Crippen molar-refractivity contribution in [2.24, 2.45) is 5.11 Å². The molecule has 7 heteroatoms. The zero-order chi connectivity index (χ0) is 12.0. The number of nitro benzene ring substituents is 1. The summed E-state index contributed by atoms with van der Waals surface area (Å²) in [5, 5.41) is 13.4. The van der Waals surface area contributed by atoms with Gasteiger partial charge in [0, 0.05) is 11.0 Å². The molecule has 80 valence electrons. The van der Waals surface area contributed by atoms with Crippen molar-refractivity contribution in [3.8, 4) is 0 Å². The van der Waals surface area contributed by atoms with E-state index >= 15 is 0 Å². The topological polar surface area (TPSA) is 109 Å². The van der Waals surface area contributed by atoms with Gasteiger partial charge in [-0.2, -0.15) is 0 Å². The summed E-state index contributed by atoms with van der Waals surface area (Å²) in [5.41, 5.74) is 8.13. The van der Waals surface area contributed by atoms with E-state index in [4.69, 9.17) is 5.53 Å². The average Bonchev–Trinajstić information content (AvgIpc) is 2.27. The molecule has 0 heterocycles. The number of rotatable bonds is 3. The number of azide groups is 1. The van der Waals surface area contributed by atoms with Crippen molar-refractivity contribution in [3.63, 3.8) is 0 Å². The molecule has 0 unspecified atom stereocenters. The van der Waals surface area contributed by atoms with Crippen molar-refractivity contribution in [1.82, 2.24) is 0 Å². The van der Waals surface area contributed by atoms with Crippen molar-refractivity contribution in [1.29, 1.82) is 0 Å². The molecule has 0 atom stereocenters. The van der Waals surface area contributed by atoms with E-state index in [0.29, 0.717) is 0 Å². The highest BCUT2D eigenvalue weighted by molar-refractivity contribution is 5.92. The van der Waals surface area contributed by atoms with E-state index in [0.717, 1.165) is 6.08 Å². The lowest BCUT2D eigenvalue weighted by atomic mass is 10.1. The number of carbonyl (C=O) groups is 1.